The van der Waals surface area contributed by atoms with Crippen LogP contribution in [0.3, 0.4) is 0 Å². The molecule has 0 saturated carbocycles. The van der Waals surface area contributed by atoms with Crippen LogP contribution in [0.15, 0.2) is 24.3 Å². The number of amides is 1. The van der Waals surface area contributed by atoms with Gasteiger partial charge in [0.25, 0.3) is 0 Å². The van der Waals surface area contributed by atoms with E-state index < -0.39 is 0 Å². The smallest absolute Gasteiger partial charge is 0.236 e. The first-order chi connectivity index (χ1) is 10.6. The van der Waals surface area contributed by atoms with Crippen LogP contribution in [0.2, 0.25) is 0 Å². The minimum absolute atomic E-state index is 0.197. The first-order valence-electron chi connectivity index (χ1n) is 7.91. The van der Waals surface area contributed by atoms with Crippen LogP contribution in [-0.4, -0.2) is 46.9 Å². The number of likely N-dealkylation sites (N-methyl/N-ethyl adjacent to an activating group) is 1. The van der Waals surface area contributed by atoms with Gasteiger partial charge < -0.3 is 4.90 Å². The maximum absolute atomic E-state index is 12.4. The van der Waals surface area contributed by atoms with Gasteiger partial charge in [-0.25, -0.2) is 4.98 Å². The normalized spacial score (nSPS) is 19.2. The predicted molar refractivity (Wildman–Crippen MR) is 91.1 cm³/mol. The number of fused-ring (bicyclic) bond motifs is 1. The first-order valence-corrected chi connectivity index (χ1v) is 8.73. The molecular formula is C17H23N3OS. The summed E-state index contributed by atoms with van der Waals surface area (Å²) in [6.07, 6.45) is 2.23. The van der Waals surface area contributed by atoms with Crippen LogP contribution in [0.25, 0.3) is 10.2 Å². The second-order valence-corrected chi connectivity index (χ2v) is 7.31. The van der Waals surface area contributed by atoms with E-state index in [-0.39, 0.29) is 11.9 Å². The predicted octanol–water partition coefficient (Wildman–Crippen LogP) is 3.30. The van der Waals surface area contributed by atoms with Gasteiger partial charge in [-0.3, -0.25) is 9.69 Å². The molecule has 1 unspecified atom stereocenters. The minimum atomic E-state index is 0.197. The molecule has 1 aliphatic rings. The highest BCUT2D eigenvalue weighted by molar-refractivity contribution is 7.18. The molecule has 0 spiro atoms. The van der Waals surface area contributed by atoms with Crippen molar-refractivity contribution in [2.45, 2.75) is 38.8 Å². The molecule has 1 aliphatic heterocycles. The fourth-order valence-corrected chi connectivity index (χ4v) is 4.04. The lowest BCUT2D eigenvalue weighted by Gasteiger charge is -2.27. The summed E-state index contributed by atoms with van der Waals surface area (Å²) in [6, 6.07) is 8.80. The van der Waals surface area contributed by atoms with Gasteiger partial charge in [-0.15, -0.1) is 11.3 Å². The molecule has 1 aromatic carbocycles. The first kappa shape index (κ1) is 15.4. The second kappa shape index (κ2) is 6.34. The van der Waals surface area contributed by atoms with Crippen LogP contribution in [-0.2, 0) is 4.79 Å². The van der Waals surface area contributed by atoms with Crippen molar-refractivity contribution < 1.29 is 4.79 Å². The summed E-state index contributed by atoms with van der Waals surface area (Å²) in [5, 5.41) is 1.15. The van der Waals surface area contributed by atoms with E-state index in [1.807, 2.05) is 31.9 Å². The average Bonchev–Trinajstić information content (AvgIpc) is 3.11. The van der Waals surface area contributed by atoms with Crippen molar-refractivity contribution in [3.05, 3.63) is 29.3 Å². The maximum Gasteiger partial charge on any atom is 0.236 e. The van der Waals surface area contributed by atoms with Crippen LogP contribution in [0.1, 0.15) is 37.7 Å². The summed E-state index contributed by atoms with van der Waals surface area (Å²) in [5.74, 6) is 0.197. The minimum Gasteiger partial charge on any atom is -0.342 e. The number of hydrogen-bond donors (Lipinski definition) is 0. The van der Waals surface area contributed by atoms with Crippen LogP contribution in [0.5, 0.6) is 0 Å². The highest BCUT2D eigenvalue weighted by atomic mass is 32.1. The van der Waals surface area contributed by atoms with E-state index in [4.69, 9.17) is 4.98 Å². The molecule has 1 saturated heterocycles. The Morgan fingerprint density at radius 2 is 2.23 bits per heavy atom. The Hall–Kier alpha value is -1.46. The molecular weight excluding hydrogens is 294 g/mol. The molecule has 1 amide bonds. The van der Waals surface area contributed by atoms with E-state index in [0.717, 1.165) is 29.9 Å². The van der Waals surface area contributed by atoms with Gasteiger partial charge >= 0.3 is 0 Å². The summed E-state index contributed by atoms with van der Waals surface area (Å²) in [4.78, 5) is 21.3. The molecule has 5 heteroatoms. The molecule has 0 N–H and O–H groups in total. The highest BCUT2D eigenvalue weighted by Gasteiger charge is 2.30. The third-order valence-electron chi connectivity index (χ3n) is 4.47. The summed E-state index contributed by atoms with van der Waals surface area (Å²) in [7, 11) is 1.88. The van der Waals surface area contributed by atoms with Crippen molar-refractivity contribution in [1.29, 1.82) is 0 Å². The van der Waals surface area contributed by atoms with Gasteiger partial charge in [0, 0.05) is 13.1 Å². The van der Waals surface area contributed by atoms with E-state index in [1.54, 1.807) is 11.3 Å². The van der Waals surface area contributed by atoms with Crippen LogP contribution in [0, 0.1) is 0 Å². The molecule has 0 bridgehead atoms. The largest absolute Gasteiger partial charge is 0.342 e. The van der Waals surface area contributed by atoms with Gasteiger partial charge in [0.2, 0.25) is 5.91 Å². The Labute approximate surface area is 135 Å². The molecule has 22 heavy (non-hydrogen) atoms. The summed E-state index contributed by atoms with van der Waals surface area (Å²) in [5.41, 5.74) is 1.07. The molecule has 4 nitrogen and oxygen atoms in total. The molecule has 1 fully saturated rings. The van der Waals surface area contributed by atoms with Gasteiger partial charge in [-0.2, -0.15) is 0 Å². The Morgan fingerprint density at radius 3 is 2.95 bits per heavy atom. The van der Waals surface area contributed by atoms with Gasteiger partial charge in [0.1, 0.15) is 5.01 Å². The van der Waals surface area contributed by atoms with Gasteiger partial charge in [-0.1, -0.05) is 12.1 Å². The zero-order chi connectivity index (χ0) is 15.7. The number of nitrogens with zero attached hydrogens (tertiary/aromatic N) is 3. The summed E-state index contributed by atoms with van der Waals surface area (Å²) >= 11 is 1.76. The number of hydrogen-bond acceptors (Lipinski definition) is 4. The fraction of sp³-hybridized carbons (Fsp3) is 0.529. The van der Waals surface area contributed by atoms with E-state index in [1.165, 1.54) is 4.70 Å². The number of rotatable bonds is 4. The number of thiazole rings is 1. The van der Waals surface area contributed by atoms with Crippen LogP contribution < -0.4 is 0 Å². The number of para-hydroxylation sites is 1. The number of aromatic nitrogens is 1. The van der Waals surface area contributed by atoms with Crippen molar-refractivity contribution in [3.8, 4) is 0 Å². The molecule has 0 radical (unpaired) electrons. The van der Waals surface area contributed by atoms with Crippen molar-refractivity contribution in [2.24, 2.45) is 0 Å². The zero-order valence-electron chi connectivity index (χ0n) is 13.5. The number of likely N-dealkylation sites (tertiary alicyclic amines) is 1. The van der Waals surface area contributed by atoms with Crippen molar-refractivity contribution in [3.63, 3.8) is 0 Å². The lowest BCUT2D eigenvalue weighted by atomic mass is 10.2. The summed E-state index contributed by atoms with van der Waals surface area (Å²) in [6.45, 7) is 5.58. The van der Waals surface area contributed by atoms with Crippen molar-refractivity contribution in [2.75, 3.05) is 20.1 Å². The monoisotopic (exact) mass is 317 g/mol. The van der Waals surface area contributed by atoms with Crippen molar-refractivity contribution >= 4 is 27.5 Å². The fourth-order valence-electron chi connectivity index (χ4n) is 2.90. The Balaban J connectivity index is 1.76. The zero-order valence-corrected chi connectivity index (χ0v) is 14.3. The number of carbonyl (C=O) groups is 1. The molecule has 1 aromatic heterocycles. The van der Waals surface area contributed by atoms with E-state index in [2.05, 4.69) is 23.1 Å². The standard InChI is InChI=1S/C17H23N3OS/c1-12(2)19(3)16(21)11-20-10-6-8-14(20)17-18-13-7-4-5-9-15(13)22-17/h4-5,7,9,12,14H,6,8,10-11H2,1-3H3. The Kier molecular flexibility index (Phi) is 4.45. The highest BCUT2D eigenvalue weighted by Crippen LogP contribution is 2.36. The van der Waals surface area contributed by atoms with Crippen LogP contribution >= 0.6 is 11.3 Å². The second-order valence-electron chi connectivity index (χ2n) is 6.25. The van der Waals surface area contributed by atoms with Crippen molar-refractivity contribution in [1.82, 2.24) is 14.8 Å². The van der Waals surface area contributed by atoms with Crippen LogP contribution in [0.4, 0.5) is 0 Å². The lowest BCUT2D eigenvalue weighted by molar-refractivity contribution is -0.132. The molecule has 0 aliphatic carbocycles. The molecule has 3 rings (SSSR count). The SMILES string of the molecule is CC(C)N(C)C(=O)CN1CCCC1c1nc2ccccc2s1. The molecule has 2 aromatic rings. The Bertz CT molecular complexity index is 634. The molecule has 2 heterocycles. The molecule has 118 valence electrons. The third-order valence-corrected chi connectivity index (χ3v) is 5.60. The summed E-state index contributed by atoms with van der Waals surface area (Å²) < 4.78 is 1.23. The average molecular weight is 317 g/mol. The van der Waals surface area contributed by atoms with Gasteiger partial charge in [0.15, 0.2) is 0 Å². The third kappa shape index (κ3) is 3.01. The maximum atomic E-state index is 12.4. The van der Waals surface area contributed by atoms with E-state index in [0.29, 0.717) is 12.6 Å². The molecule has 1 atom stereocenters. The quantitative estimate of drug-likeness (QED) is 0.868. The number of benzene rings is 1. The van der Waals surface area contributed by atoms with E-state index in [9.17, 15) is 4.79 Å². The number of carbonyl (C=O) groups excluding carboxylic acids is 1. The topological polar surface area (TPSA) is 36.4 Å². The van der Waals surface area contributed by atoms with Gasteiger partial charge in [-0.05, 0) is 45.4 Å². The van der Waals surface area contributed by atoms with E-state index >= 15 is 0 Å². The Morgan fingerprint density at radius 1 is 1.45 bits per heavy atom. The lowest BCUT2D eigenvalue weighted by Crippen LogP contribution is -2.41. The van der Waals surface area contributed by atoms with Gasteiger partial charge in [0.05, 0.1) is 22.8 Å².